The van der Waals surface area contributed by atoms with Gasteiger partial charge >= 0.3 is 0 Å². The SMILES string of the molecule is CNc1ccc2c(c1)CN1C(C)CN(C3=CC=C(C#N)C4N=CC=CC34)CC1C2. The summed E-state index contributed by atoms with van der Waals surface area (Å²) in [5, 5.41) is 12.7. The van der Waals surface area contributed by atoms with Gasteiger partial charge in [0.05, 0.1) is 17.7 Å². The van der Waals surface area contributed by atoms with Gasteiger partial charge in [-0.2, -0.15) is 5.26 Å². The monoisotopic (exact) mass is 385 g/mol. The van der Waals surface area contributed by atoms with Crippen LogP contribution in [0.15, 0.2) is 58.8 Å². The highest BCUT2D eigenvalue weighted by atomic mass is 15.3. The van der Waals surface area contributed by atoms with Gasteiger partial charge in [-0.15, -0.1) is 0 Å². The number of allylic oxidation sites excluding steroid dienone is 3. The Morgan fingerprint density at radius 3 is 2.93 bits per heavy atom. The molecule has 3 heterocycles. The number of nitrogens with one attached hydrogen (secondary N) is 1. The van der Waals surface area contributed by atoms with Crippen molar-refractivity contribution < 1.29 is 0 Å². The van der Waals surface area contributed by atoms with Crippen molar-refractivity contribution >= 4 is 11.9 Å². The molecule has 5 heteroatoms. The lowest BCUT2D eigenvalue weighted by Gasteiger charge is -2.51. The summed E-state index contributed by atoms with van der Waals surface area (Å²) >= 11 is 0. The molecule has 0 bridgehead atoms. The lowest BCUT2D eigenvalue weighted by atomic mass is 9.83. The van der Waals surface area contributed by atoms with Crippen molar-refractivity contribution in [2.45, 2.75) is 38.0 Å². The second-order valence-corrected chi connectivity index (χ2v) is 8.50. The minimum absolute atomic E-state index is 0.0645. The maximum atomic E-state index is 9.48. The Morgan fingerprint density at radius 1 is 1.21 bits per heavy atom. The van der Waals surface area contributed by atoms with Crippen molar-refractivity contribution in [3.8, 4) is 6.07 Å². The minimum Gasteiger partial charge on any atom is -0.388 e. The van der Waals surface area contributed by atoms with Crippen molar-refractivity contribution in [1.82, 2.24) is 9.80 Å². The van der Waals surface area contributed by atoms with E-state index < -0.39 is 0 Å². The lowest BCUT2D eigenvalue weighted by molar-refractivity contribution is 0.0289. The highest BCUT2D eigenvalue weighted by molar-refractivity contribution is 5.74. The highest BCUT2D eigenvalue weighted by Crippen LogP contribution is 2.37. The molecule has 4 atom stereocenters. The van der Waals surface area contributed by atoms with Crippen molar-refractivity contribution in [2.75, 3.05) is 25.5 Å². The zero-order valence-electron chi connectivity index (χ0n) is 17.0. The van der Waals surface area contributed by atoms with Gasteiger partial charge in [-0.3, -0.25) is 9.89 Å². The summed E-state index contributed by atoms with van der Waals surface area (Å²) in [4.78, 5) is 9.83. The Morgan fingerprint density at radius 2 is 2.10 bits per heavy atom. The van der Waals surface area contributed by atoms with Gasteiger partial charge in [0.2, 0.25) is 0 Å². The van der Waals surface area contributed by atoms with E-state index in [2.05, 4.69) is 63.5 Å². The number of fused-ring (bicyclic) bond motifs is 3. The maximum absolute atomic E-state index is 9.48. The van der Waals surface area contributed by atoms with E-state index in [9.17, 15) is 5.26 Å². The molecule has 0 spiro atoms. The van der Waals surface area contributed by atoms with Gasteiger partial charge in [-0.25, -0.2) is 0 Å². The second kappa shape index (κ2) is 7.20. The Hall–Kier alpha value is -2.84. The third-order valence-electron chi connectivity index (χ3n) is 6.83. The molecular formula is C24H27N5. The first kappa shape index (κ1) is 18.2. The second-order valence-electron chi connectivity index (χ2n) is 8.50. The lowest BCUT2D eigenvalue weighted by Crippen LogP contribution is -2.59. The van der Waals surface area contributed by atoms with Gasteiger partial charge in [0.1, 0.15) is 0 Å². The van der Waals surface area contributed by atoms with E-state index in [0.717, 1.165) is 31.6 Å². The van der Waals surface area contributed by atoms with Gasteiger partial charge in [0, 0.05) is 62.3 Å². The molecule has 29 heavy (non-hydrogen) atoms. The van der Waals surface area contributed by atoms with Crippen molar-refractivity contribution in [3.05, 3.63) is 64.9 Å². The standard InChI is InChI=1S/C24H27N5/c1-16-13-28(23-8-6-18(12-25)24-22(23)4-3-9-27-24)15-21-11-17-5-7-20(26-2)10-19(17)14-29(16)21/h3-10,16,21-22,24,26H,11,13-15H2,1-2H3. The van der Waals surface area contributed by atoms with Crippen molar-refractivity contribution in [3.63, 3.8) is 0 Å². The number of hydrogen-bond donors (Lipinski definition) is 1. The molecule has 1 aliphatic carbocycles. The van der Waals surface area contributed by atoms with Crippen LogP contribution in [0.2, 0.25) is 0 Å². The summed E-state index contributed by atoms with van der Waals surface area (Å²) in [7, 11) is 1.98. The summed E-state index contributed by atoms with van der Waals surface area (Å²) in [6.45, 7) is 5.41. The van der Waals surface area contributed by atoms with E-state index in [4.69, 9.17) is 0 Å². The number of aliphatic imine (C=N–C) groups is 1. The van der Waals surface area contributed by atoms with Crippen LogP contribution >= 0.6 is 0 Å². The minimum atomic E-state index is -0.0645. The predicted octanol–water partition coefficient (Wildman–Crippen LogP) is 3.13. The van der Waals surface area contributed by atoms with E-state index in [-0.39, 0.29) is 12.0 Å². The maximum Gasteiger partial charge on any atom is 0.0970 e. The van der Waals surface area contributed by atoms with E-state index in [1.807, 2.05) is 25.4 Å². The van der Waals surface area contributed by atoms with E-state index >= 15 is 0 Å². The Bertz CT molecular complexity index is 979. The quantitative estimate of drug-likeness (QED) is 0.850. The number of benzene rings is 1. The molecule has 4 aliphatic rings. The van der Waals surface area contributed by atoms with Crippen LogP contribution in [-0.2, 0) is 13.0 Å². The summed E-state index contributed by atoms with van der Waals surface area (Å²) < 4.78 is 0. The Kier molecular flexibility index (Phi) is 4.52. The molecule has 1 aromatic carbocycles. The summed E-state index contributed by atoms with van der Waals surface area (Å²) in [5.74, 6) is 0.174. The molecule has 3 aliphatic heterocycles. The molecular weight excluding hydrogens is 358 g/mol. The van der Waals surface area contributed by atoms with Gasteiger partial charge in [-0.05, 0) is 54.8 Å². The first-order chi connectivity index (χ1) is 14.2. The summed E-state index contributed by atoms with van der Waals surface area (Å²) in [6.07, 6.45) is 11.3. The Labute approximate surface area is 172 Å². The molecule has 0 saturated carbocycles. The summed E-state index contributed by atoms with van der Waals surface area (Å²) in [5.41, 5.74) is 6.19. The van der Waals surface area contributed by atoms with Gasteiger partial charge in [0.25, 0.3) is 0 Å². The van der Waals surface area contributed by atoms with Crippen LogP contribution < -0.4 is 5.32 Å². The number of dihydropyridines is 1. The molecule has 4 unspecified atom stereocenters. The van der Waals surface area contributed by atoms with Gasteiger partial charge in [-0.1, -0.05) is 12.1 Å². The number of hydrogen-bond acceptors (Lipinski definition) is 5. The molecule has 1 saturated heterocycles. The number of anilines is 1. The van der Waals surface area contributed by atoms with E-state index in [0.29, 0.717) is 12.1 Å². The zero-order chi connectivity index (χ0) is 20.0. The van der Waals surface area contributed by atoms with Gasteiger partial charge < -0.3 is 10.2 Å². The number of rotatable bonds is 2. The van der Waals surface area contributed by atoms with E-state index in [1.54, 1.807) is 0 Å². The smallest absolute Gasteiger partial charge is 0.0970 e. The molecule has 1 aromatic rings. The average molecular weight is 386 g/mol. The zero-order valence-corrected chi connectivity index (χ0v) is 17.0. The number of nitriles is 1. The highest BCUT2D eigenvalue weighted by Gasteiger charge is 2.39. The molecule has 148 valence electrons. The molecule has 0 amide bonds. The molecule has 5 rings (SSSR count). The normalized spacial score (nSPS) is 30.4. The summed E-state index contributed by atoms with van der Waals surface area (Å²) in [6, 6.07) is 10.1. The fourth-order valence-corrected chi connectivity index (χ4v) is 5.32. The van der Waals surface area contributed by atoms with Gasteiger partial charge in [0.15, 0.2) is 0 Å². The largest absolute Gasteiger partial charge is 0.388 e. The van der Waals surface area contributed by atoms with Crippen molar-refractivity contribution in [2.24, 2.45) is 10.9 Å². The third-order valence-corrected chi connectivity index (χ3v) is 6.83. The fourth-order valence-electron chi connectivity index (χ4n) is 5.32. The first-order valence-electron chi connectivity index (χ1n) is 10.5. The van der Waals surface area contributed by atoms with Crippen LogP contribution in [0.25, 0.3) is 0 Å². The number of nitrogens with zero attached hydrogens (tertiary/aromatic N) is 4. The first-order valence-corrected chi connectivity index (χ1v) is 10.5. The van der Waals surface area contributed by atoms with Crippen LogP contribution in [0.5, 0.6) is 0 Å². The predicted molar refractivity (Wildman–Crippen MR) is 117 cm³/mol. The fraction of sp³-hybridized carbons (Fsp3) is 0.417. The Balaban J connectivity index is 1.42. The molecule has 0 radical (unpaired) electrons. The van der Waals surface area contributed by atoms with Crippen LogP contribution in [0.3, 0.4) is 0 Å². The van der Waals surface area contributed by atoms with Crippen LogP contribution in [0.4, 0.5) is 5.69 Å². The van der Waals surface area contributed by atoms with Crippen molar-refractivity contribution in [1.29, 1.82) is 5.26 Å². The molecule has 5 nitrogen and oxygen atoms in total. The molecule has 1 N–H and O–H groups in total. The topological polar surface area (TPSA) is 54.7 Å². The van der Waals surface area contributed by atoms with Crippen LogP contribution in [0.1, 0.15) is 18.1 Å². The van der Waals surface area contributed by atoms with Crippen LogP contribution in [-0.4, -0.2) is 54.3 Å². The van der Waals surface area contributed by atoms with E-state index in [1.165, 1.54) is 22.5 Å². The van der Waals surface area contributed by atoms with Crippen LogP contribution in [0, 0.1) is 17.2 Å². The molecule has 1 fully saturated rings. The average Bonchev–Trinajstić information content (AvgIpc) is 2.76. The number of piperazine rings is 1. The third kappa shape index (κ3) is 3.08. The molecule has 0 aromatic heterocycles.